The fraction of sp³-hybridized carbons (Fsp3) is 0.300. The molecule has 0 aliphatic rings. The van der Waals surface area contributed by atoms with Crippen LogP contribution in [0.5, 0.6) is 5.75 Å². The number of nitrogens with one attached hydrogen (secondary N) is 1. The first-order chi connectivity index (χ1) is 13.0. The number of nitrogen functional groups attached to an aromatic ring is 1. The summed E-state index contributed by atoms with van der Waals surface area (Å²) in [5.41, 5.74) is 7.10. The summed E-state index contributed by atoms with van der Waals surface area (Å²) in [6, 6.07) is 12.3. The monoisotopic (exact) mass is 390 g/mol. The van der Waals surface area contributed by atoms with Crippen LogP contribution in [0, 0.1) is 0 Å². The summed E-state index contributed by atoms with van der Waals surface area (Å²) in [5.74, 6) is -0.864. The number of carbonyl (C=O) groups excluding carboxylic acids is 2. The van der Waals surface area contributed by atoms with Gasteiger partial charge in [0.2, 0.25) is 0 Å². The Hall–Kier alpha value is -2.73. The number of halogens is 1. The summed E-state index contributed by atoms with van der Waals surface area (Å²) in [6.45, 7) is 1.64. The summed E-state index contributed by atoms with van der Waals surface area (Å²) in [6.07, 6.45) is 1.69. The number of hydrogen-bond acceptors (Lipinski definition) is 5. The van der Waals surface area contributed by atoms with Crippen LogP contribution in [0.3, 0.4) is 0 Å². The lowest BCUT2D eigenvalue weighted by Gasteiger charge is -2.18. The maximum absolute atomic E-state index is 12.3. The Morgan fingerprint density at radius 1 is 1.22 bits per heavy atom. The van der Waals surface area contributed by atoms with Gasteiger partial charge in [-0.05, 0) is 18.1 Å². The SMILES string of the molecule is CCC[C@H](NC(=O)COC(=O)c1cc(Cl)c(N)cc1OC)c1ccccc1. The Bertz CT molecular complexity index is 796. The molecule has 0 fully saturated rings. The van der Waals surface area contributed by atoms with Crippen molar-refractivity contribution in [2.45, 2.75) is 25.8 Å². The van der Waals surface area contributed by atoms with Crippen molar-refractivity contribution in [3.63, 3.8) is 0 Å². The van der Waals surface area contributed by atoms with Crippen LogP contribution in [0.2, 0.25) is 5.02 Å². The van der Waals surface area contributed by atoms with Crippen molar-refractivity contribution in [2.24, 2.45) is 0 Å². The molecule has 0 aliphatic carbocycles. The molecule has 0 aromatic heterocycles. The number of nitrogens with two attached hydrogens (primary N) is 1. The van der Waals surface area contributed by atoms with Crippen LogP contribution >= 0.6 is 11.6 Å². The number of methoxy groups -OCH3 is 1. The largest absolute Gasteiger partial charge is 0.496 e. The molecule has 0 heterocycles. The Morgan fingerprint density at radius 3 is 2.56 bits per heavy atom. The Balaban J connectivity index is 2.00. The van der Waals surface area contributed by atoms with E-state index in [0.717, 1.165) is 18.4 Å². The van der Waals surface area contributed by atoms with Crippen LogP contribution in [-0.4, -0.2) is 25.6 Å². The lowest BCUT2D eigenvalue weighted by atomic mass is 10.0. The average Bonchev–Trinajstić information content (AvgIpc) is 2.68. The number of hydrogen-bond donors (Lipinski definition) is 2. The summed E-state index contributed by atoms with van der Waals surface area (Å²) in [7, 11) is 1.40. The fourth-order valence-corrected chi connectivity index (χ4v) is 2.80. The molecule has 27 heavy (non-hydrogen) atoms. The van der Waals surface area contributed by atoms with Gasteiger partial charge in [0.15, 0.2) is 6.61 Å². The van der Waals surface area contributed by atoms with E-state index in [2.05, 4.69) is 5.32 Å². The minimum Gasteiger partial charge on any atom is -0.496 e. The van der Waals surface area contributed by atoms with Crippen LogP contribution in [0.1, 0.15) is 41.7 Å². The molecule has 6 nitrogen and oxygen atoms in total. The number of anilines is 1. The van der Waals surface area contributed by atoms with Gasteiger partial charge >= 0.3 is 5.97 Å². The van der Waals surface area contributed by atoms with E-state index in [-0.39, 0.29) is 34.0 Å². The number of esters is 1. The maximum Gasteiger partial charge on any atom is 0.342 e. The smallest absolute Gasteiger partial charge is 0.342 e. The number of benzene rings is 2. The van der Waals surface area contributed by atoms with Gasteiger partial charge < -0.3 is 20.5 Å². The highest BCUT2D eigenvalue weighted by Crippen LogP contribution is 2.29. The van der Waals surface area contributed by atoms with E-state index >= 15 is 0 Å². The molecule has 0 aliphatic heterocycles. The molecule has 0 bridgehead atoms. The Kier molecular flexibility index (Phi) is 7.49. The van der Waals surface area contributed by atoms with Gasteiger partial charge in [-0.1, -0.05) is 55.3 Å². The summed E-state index contributed by atoms with van der Waals surface area (Å²) < 4.78 is 10.2. The number of amides is 1. The second-order valence-electron chi connectivity index (χ2n) is 5.97. The number of rotatable bonds is 8. The molecule has 0 saturated carbocycles. The summed E-state index contributed by atoms with van der Waals surface area (Å²) in [5, 5.41) is 3.10. The number of carbonyl (C=O) groups is 2. The minimum absolute atomic E-state index is 0.109. The fourth-order valence-electron chi connectivity index (χ4n) is 2.64. The van der Waals surface area contributed by atoms with Gasteiger partial charge in [-0.15, -0.1) is 0 Å². The van der Waals surface area contributed by atoms with Crippen LogP contribution in [-0.2, 0) is 9.53 Å². The predicted octanol–water partition coefficient (Wildman–Crippen LogP) is 3.75. The molecular weight excluding hydrogens is 368 g/mol. The molecule has 0 saturated heterocycles. The second kappa shape index (κ2) is 9.83. The van der Waals surface area contributed by atoms with E-state index in [1.165, 1.54) is 19.2 Å². The summed E-state index contributed by atoms with van der Waals surface area (Å²) in [4.78, 5) is 24.5. The third-order valence-corrected chi connectivity index (χ3v) is 4.31. The molecule has 2 rings (SSSR count). The van der Waals surface area contributed by atoms with E-state index in [1.54, 1.807) is 0 Å². The van der Waals surface area contributed by atoms with E-state index < -0.39 is 12.6 Å². The zero-order valence-electron chi connectivity index (χ0n) is 15.3. The molecule has 3 N–H and O–H groups in total. The van der Waals surface area contributed by atoms with Crippen molar-refractivity contribution < 1.29 is 19.1 Å². The van der Waals surface area contributed by atoms with Crippen LogP contribution in [0.4, 0.5) is 5.69 Å². The lowest BCUT2D eigenvalue weighted by Crippen LogP contribution is -2.32. The van der Waals surface area contributed by atoms with E-state index in [4.69, 9.17) is 26.8 Å². The Morgan fingerprint density at radius 2 is 1.93 bits per heavy atom. The highest BCUT2D eigenvalue weighted by Gasteiger charge is 2.19. The van der Waals surface area contributed by atoms with Gasteiger partial charge in [0.25, 0.3) is 5.91 Å². The molecule has 7 heteroatoms. The van der Waals surface area contributed by atoms with Gasteiger partial charge in [-0.3, -0.25) is 4.79 Å². The van der Waals surface area contributed by atoms with Crippen molar-refractivity contribution in [1.29, 1.82) is 0 Å². The number of ether oxygens (including phenoxy) is 2. The van der Waals surface area contributed by atoms with Crippen molar-refractivity contribution in [3.05, 3.63) is 58.6 Å². The van der Waals surface area contributed by atoms with E-state index in [0.29, 0.717) is 0 Å². The Labute approximate surface area is 163 Å². The van der Waals surface area contributed by atoms with E-state index in [1.807, 2.05) is 37.3 Å². The highest BCUT2D eigenvalue weighted by molar-refractivity contribution is 6.33. The minimum atomic E-state index is -0.712. The maximum atomic E-state index is 12.3. The molecular formula is C20H23ClN2O4. The van der Waals surface area contributed by atoms with Crippen molar-refractivity contribution >= 4 is 29.2 Å². The van der Waals surface area contributed by atoms with Gasteiger partial charge in [0.05, 0.1) is 23.9 Å². The van der Waals surface area contributed by atoms with Crippen LogP contribution in [0.25, 0.3) is 0 Å². The standard InChI is InChI=1S/C20H23ClN2O4/c1-3-7-17(13-8-5-4-6-9-13)23-19(24)12-27-20(25)14-10-15(21)16(22)11-18(14)26-2/h4-6,8-11,17H,3,7,12,22H2,1-2H3,(H,23,24)/t17-/m0/s1. The first kappa shape index (κ1) is 20.6. The third-order valence-electron chi connectivity index (χ3n) is 3.99. The normalized spacial score (nSPS) is 11.5. The van der Waals surface area contributed by atoms with Crippen molar-refractivity contribution in [3.8, 4) is 5.75 Å². The zero-order chi connectivity index (χ0) is 19.8. The molecule has 0 unspecified atom stereocenters. The quantitative estimate of drug-likeness (QED) is 0.529. The van der Waals surface area contributed by atoms with Gasteiger partial charge in [-0.25, -0.2) is 4.79 Å². The molecule has 2 aromatic carbocycles. The van der Waals surface area contributed by atoms with Crippen LogP contribution < -0.4 is 15.8 Å². The molecule has 1 amide bonds. The van der Waals surface area contributed by atoms with Gasteiger partial charge in [0.1, 0.15) is 11.3 Å². The second-order valence-corrected chi connectivity index (χ2v) is 6.38. The summed E-state index contributed by atoms with van der Waals surface area (Å²) >= 11 is 5.95. The zero-order valence-corrected chi connectivity index (χ0v) is 16.1. The van der Waals surface area contributed by atoms with Crippen molar-refractivity contribution in [1.82, 2.24) is 5.32 Å². The van der Waals surface area contributed by atoms with Crippen LogP contribution in [0.15, 0.2) is 42.5 Å². The molecule has 1 atom stereocenters. The van der Waals surface area contributed by atoms with Gasteiger partial charge in [0, 0.05) is 6.07 Å². The molecule has 0 spiro atoms. The first-order valence-corrected chi connectivity index (χ1v) is 8.98. The molecule has 2 aromatic rings. The lowest BCUT2D eigenvalue weighted by molar-refractivity contribution is -0.125. The molecule has 144 valence electrons. The topological polar surface area (TPSA) is 90.7 Å². The van der Waals surface area contributed by atoms with Crippen molar-refractivity contribution in [2.75, 3.05) is 19.5 Å². The molecule has 0 radical (unpaired) electrons. The first-order valence-electron chi connectivity index (χ1n) is 8.60. The highest BCUT2D eigenvalue weighted by atomic mass is 35.5. The predicted molar refractivity (Wildman–Crippen MR) is 105 cm³/mol. The third kappa shape index (κ3) is 5.62. The average molecular weight is 391 g/mol. The van der Waals surface area contributed by atoms with Gasteiger partial charge in [-0.2, -0.15) is 0 Å². The van der Waals surface area contributed by atoms with E-state index in [9.17, 15) is 9.59 Å².